The summed E-state index contributed by atoms with van der Waals surface area (Å²) in [7, 11) is 1.48. The first kappa shape index (κ1) is 12.8. The van der Waals surface area contributed by atoms with Gasteiger partial charge in [-0.15, -0.1) is 0 Å². The minimum atomic E-state index is -1.34. The van der Waals surface area contributed by atoms with Crippen LogP contribution in [0.4, 0.5) is 0 Å². The summed E-state index contributed by atoms with van der Waals surface area (Å²) >= 11 is 5.81. The van der Waals surface area contributed by atoms with E-state index < -0.39 is 12.1 Å². The fourth-order valence-corrected chi connectivity index (χ4v) is 1.45. The predicted octanol–water partition coefficient (Wildman–Crippen LogP) is 1.95. The molecule has 1 aromatic rings. The van der Waals surface area contributed by atoms with Crippen LogP contribution in [0.15, 0.2) is 18.2 Å². The molecule has 1 aromatic carbocycles. The third kappa shape index (κ3) is 3.12. The molecule has 0 aliphatic heterocycles. The predicted molar refractivity (Wildman–Crippen MR) is 59.6 cm³/mol. The lowest BCUT2D eigenvalue weighted by Gasteiger charge is -2.11. The van der Waals surface area contributed by atoms with E-state index in [-0.39, 0.29) is 6.61 Å². The average molecular weight is 245 g/mol. The van der Waals surface area contributed by atoms with Gasteiger partial charge < -0.3 is 14.6 Å². The molecule has 0 fully saturated rings. The highest BCUT2D eigenvalue weighted by atomic mass is 35.5. The molecule has 1 rings (SSSR count). The second-order valence-corrected chi connectivity index (χ2v) is 3.52. The van der Waals surface area contributed by atoms with E-state index in [1.54, 1.807) is 13.0 Å². The van der Waals surface area contributed by atoms with Crippen molar-refractivity contribution in [3.63, 3.8) is 0 Å². The van der Waals surface area contributed by atoms with Gasteiger partial charge in [0.15, 0.2) is 6.10 Å². The van der Waals surface area contributed by atoms with Crippen molar-refractivity contribution in [2.24, 2.45) is 0 Å². The van der Waals surface area contributed by atoms with Gasteiger partial charge in [0.2, 0.25) is 0 Å². The molecule has 1 unspecified atom stereocenters. The van der Waals surface area contributed by atoms with E-state index in [1.807, 2.05) is 0 Å². The summed E-state index contributed by atoms with van der Waals surface area (Å²) < 4.78 is 9.68. The summed E-state index contributed by atoms with van der Waals surface area (Å²) in [6.07, 6.45) is -1.34. The van der Waals surface area contributed by atoms with Gasteiger partial charge in [0, 0.05) is 5.02 Å². The standard InChI is InChI=1S/C11H13ClO4/c1-3-16-11(14)10(13)7-4-8(12)6-9(5-7)15-2/h4-6,10,13H,3H2,1-2H3. The maximum atomic E-state index is 11.3. The van der Waals surface area contributed by atoms with Crippen LogP contribution in [0.5, 0.6) is 5.75 Å². The molecule has 1 N–H and O–H groups in total. The Morgan fingerprint density at radius 2 is 2.19 bits per heavy atom. The SMILES string of the molecule is CCOC(=O)C(O)c1cc(Cl)cc(OC)c1. The van der Waals surface area contributed by atoms with Crippen molar-refractivity contribution >= 4 is 17.6 Å². The van der Waals surface area contributed by atoms with Crippen LogP contribution in [0.2, 0.25) is 5.02 Å². The monoisotopic (exact) mass is 244 g/mol. The zero-order valence-corrected chi connectivity index (χ0v) is 9.82. The molecule has 0 bridgehead atoms. The van der Waals surface area contributed by atoms with Crippen molar-refractivity contribution in [1.82, 2.24) is 0 Å². The number of ether oxygens (including phenoxy) is 2. The van der Waals surface area contributed by atoms with Gasteiger partial charge in [-0.05, 0) is 30.7 Å². The van der Waals surface area contributed by atoms with Crippen molar-refractivity contribution in [2.45, 2.75) is 13.0 Å². The number of carbonyl (C=O) groups excluding carboxylic acids is 1. The Bertz CT molecular complexity index is 378. The molecule has 4 nitrogen and oxygen atoms in total. The summed E-state index contributed by atoms with van der Waals surface area (Å²) in [5, 5.41) is 10.1. The molecule has 88 valence electrons. The van der Waals surface area contributed by atoms with Crippen LogP contribution < -0.4 is 4.74 Å². The number of rotatable bonds is 4. The maximum absolute atomic E-state index is 11.3. The number of aliphatic hydroxyl groups is 1. The third-order valence-corrected chi connectivity index (χ3v) is 2.17. The first-order valence-corrected chi connectivity index (χ1v) is 5.15. The van der Waals surface area contributed by atoms with E-state index in [9.17, 15) is 9.90 Å². The van der Waals surface area contributed by atoms with Crippen molar-refractivity contribution < 1.29 is 19.4 Å². The maximum Gasteiger partial charge on any atom is 0.339 e. The van der Waals surface area contributed by atoms with Crippen LogP contribution in [-0.4, -0.2) is 24.8 Å². The van der Waals surface area contributed by atoms with Crippen LogP contribution in [0.25, 0.3) is 0 Å². The number of methoxy groups -OCH3 is 1. The molecule has 0 saturated carbocycles. The number of halogens is 1. The Labute approximate surface area is 98.7 Å². The normalized spacial score (nSPS) is 12.0. The van der Waals surface area contributed by atoms with Gasteiger partial charge in [0.1, 0.15) is 5.75 Å². The molecule has 5 heteroatoms. The van der Waals surface area contributed by atoms with Crippen LogP contribution >= 0.6 is 11.6 Å². The summed E-state index contributed by atoms with van der Waals surface area (Å²) in [4.78, 5) is 11.3. The molecule has 0 spiro atoms. The van der Waals surface area contributed by atoms with Gasteiger partial charge >= 0.3 is 5.97 Å². The number of esters is 1. The Morgan fingerprint density at radius 3 is 2.75 bits per heavy atom. The molecule has 0 radical (unpaired) electrons. The lowest BCUT2D eigenvalue weighted by molar-refractivity contribution is -0.153. The number of aliphatic hydroxyl groups excluding tert-OH is 1. The minimum Gasteiger partial charge on any atom is -0.497 e. The Hall–Kier alpha value is -1.26. The number of hydrogen-bond donors (Lipinski definition) is 1. The summed E-state index contributed by atoms with van der Waals surface area (Å²) in [6.45, 7) is 1.89. The molecular formula is C11H13ClO4. The summed E-state index contributed by atoms with van der Waals surface area (Å²) in [5.41, 5.74) is 0.350. The van der Waals surface area contributed by atoms with Gasteiger partial charge in [-0.3, -0.25) is 0 Å². The largest absolute Gasteiger partial charge is 0.497 e. The van der Waals surface area contributed by atoms with E-state index in [2.05, 4.69) is 0 Å². The van der Waals surface area contributed by atoms with Crippen LogP contribution in [0, 0.1) is 0 Å². The molecule has 0 aromatic heterocycles. The van der Waals surface area contributed by atoms with Gasteiger partial charge in [0.05, 0.1) is 13.7 Å². The van der Waals surface area contributed by atoms with Crippen molar-refractivity contribution in [1.29, 1.82) is 0 Å². The van der Waals surface area contributed by atoms with Gasteiger partial charge in [-0.2, -0.15) is 0 Å². The topological polar surface area (TPSA) is 55.8 Å². The molecular weight excluding hydrogens is 232 g/mol. The number of benzene rings is 1. The van der Waals surface area contributed by atoms with E-state index in [4.69, 9.17) is 21.1 Å². The lowest BCUT2D eigenvalue weighted by Crippen LogP contribution is -2.15. The van der Waals surface area contributed by atoms with Crippen LogP contribution in [0.3, 0.4) is 0 Å². The summed E-state index contributed by atoms with van der Waals surface area (Å²) in [6, 6.07) is 4.61. The van der Waals surface area contributed by atoms with Gasteiger partial charge in [-0.25, -0.2) is 4.79 Å². The fourth-order valence-electron chi connectivity index (χ4n) is 1.22. The first-order valence-electron chi connectivity index (χ1n) is 4.77. The number of carbonyl (C=O) groups is 1. The minimum absolute atomic E-state index is 0.216. The molecule has 16 heavy (non-hydrogen) atoms. The summed E-state index contributed by atoms with van der Waals surface area (Å²) in [5.74, 6) is -0.224. The highest BCUT2D eigenvalue weighted by Gasteiger charge is 2.19. The Balaban J connectivity index is 2.94. The Morgan fingerprint density at radius 1 is 1.50 bits per heavy atom. The molecule has 0 aliphatic rings. The molecule has 0 saturated heterocycles. The van der Waals surface area contributed by atoms with E-state index >= 15 is 0 Å². The van der Waals surface area contributed by atoms with Crippen molar-refractivity contribution in [3.8, 4) is 5.75 Å². The number of hydrogen-bond acceptors (Lipinski definition) is 4. The van der Waals surface area contributed by atoms with Gasteiger partial charge in [-0.1, -0.05) is 11.6 Å². The third-order valence-electron chi connectivity index (χ3n) is 1.95. The van der Waals surface area contributed by atoms with E-state index in [0.717, 1.165) is 0 Å². The van der Waals surface area contributed by atoms with Crippen molar-refractivity contribution in [3.05, 3.63) is 28.8 Å². The van der Waals surface area contributed by atoms with Crippen molar-refractivity contribution in [2.75, 3.05) is 13.7 Å². The fraction of sp³-hybridized carbons (Fsp3) is 0.364. The first-order chi connectivity index (χ1) is 7.58. The molecule has 0 heterocycles. The van der Waals surface area contributed by atoms with Crippen LogP contribution in [-0.2, 0) is 9.53 Å². The second kappa shape index (κ2) is 5.72. The molecule has 0 aliphatic carbocycles. The quantitative estimate of drug-likeness (QED) is 0.823. The second-order valence-electron chi connectivity index (χ2n) is 3.08. The highest BCUT2D eigenvalue weighted by molar-refractivity contribution is 6.30. The zero-order chi connectivity index (χ0) is 12.1. The Kier molecular flexibility index (Phi) is 4.58. The van der Waals surface area contributed by atoms with E-state index in [0.29, 0.717) is 16.3 Å². The van der Waals surface area contributed by atoms with Crippen LogP contribution in [0.1, 0.15) is 18.6 Å². The lowest BCUT2D eigenvalue weighted by atomic mass is 10.1. The van der Waals surface area contributed by atoms with Gasteiger partial charge in [0.25, 0.3) is 0 Å². The molecule has 1 atom stereocenters. The zero-order valence-electron chi connectivity index (χ0n) is 9.07. The molecule has 0 amide bonds. The smallest absolute Gasteiger partial charge is 0.339 e. The highest BCUT2D eigenvalue weighted by Crippen LogP contribution is 2.25. The van der Waals surface area contributed by atoms with E-state index in [1.165, 1.54) is 19.2 Å². The average Bonchev–Trinajstić information content (AvgIpc) is 2.27.